The molecule has 2 saturated heterocycles. The minimum absolute atomic E-state index is 0.00682. The smallest absolute Gasteiger partial charge is 0.407 e. The fourth-order valence-electron chi connectivity index (χ4n) is 9.00. The molecule has 2 saturated carbocycles. The van der Waals surface area contributed by atoms with Crippen LogP contribution in [0.15, 0.2) is 72.7 Å². The molecular weight excluding hydrogens is 965 g/mol. The van der Waals surface area contributed by atoms with Crippen molar-refractivity contribution in [1.29, 1.82) is 0 Å². The third-order valence-corrected chi connectivity index (χ3v) is 16.0. The van der Waals surface area contributed by atoms with Crippen LogP contribution in [0.4, 0.5) is 9.59 Å². The molecule has 408 valence electrons. The average molecular weight is 1050 g/mol. The lowest BCUT2D eigenvalue weighted by atomic mass is 9.90. The summed E-state index contributed by atoms with van der Waals surface area (Å²) in [5.74, 6) is -0.00682. The Morgan fingerprint density at radius 1 is 0.583 bits per heavy atom. The van der Waals surface area contributed by atoms with Gasteiger partial charge in [-0.15, -0.1) is 0 Å². The predicted molar refractivity (Wildman–Crippen MR) is 280 cm³/mol. The average Bonchev–Trinajstić information content (AvgIpc) is 3.34. The number of nitrogens with zero attached hydrogens (tertiary/aromatic N) is 4. The van der Waals surface area contributed by atoms with Crippen molar-refractivity contribution in [2.75, 3.05) is 91.1 Å². The van der Waals surface area contributed by atoms with Gasteiger partial charge in [0.2, 0.25) is 20.0 Å². The van der Waals surface area contributed by atoms with Gasteiger partial charge < -0.3 is 39.4 Å². The minimum atomic E-state index is -3.33. The van der Waals surface area contributed by atoms with E-state index in [1.54, 1.807) is 4.31 Å². The maximum atomic E-state index is 12.7. The first-order valence-corrected chi connectivity index (χ1v) is 28.8. The highest BCUT2D eigenvalue weighted by molar-refractivity contribution is 7.92. The molecule has 72 heavy (non-hydrogen) atoms. The van der Waals surface area contributed by atoms with Gasteiger partial charge in [0.15, 0.2) is 0 Å². The number of alkyl carbamates (subject to hydrolysis) is 2. The number of hydrogen-bond acceptors (Lipinski definition) is 14. The number of rotatable bonds is 19. The Hall–Kier alpha value is -3.70. The molecule has 2 aromatic carbocycles. The summed E-state index contributed by atoms with van der Waals surface area (Å²) in [7, 11) is -6.63. The molecule has 0 atom stereocenters. The van der Waals surface area contributed by atoms with Gasteiger partial charge in [-0.05, 0) is 104 Å². The molecule has 0 unspecified atom stereocenters. The number of aliphatic hydroxyl groups excluding tert-OH is 1. The van der Waals surface area contributed by atoms with E-state index in [2.05, 4.69) is 27.0 Å². The Morgan fingerprint density at radius 2 is 0.972 bits per heavy atom. The first-order chi connectivity index (χ1) is 34.2. The fraction of sp³-hybridized carbons (Fsp3) is 0.692. The number of aliphatic hydroxyl groups is 1. The largest absolute Gasteiger partial charge is 0.444 e. The lowest BCUT2D eigenvalue weighted by Crippen LogP contribution is -2.54. The van der Waals surface area contributed by atoms with E-state index in [4.69, 9.17) is 28.8 Å². The zero-order chi connectivity index (χ0) is 52.6. The maximum absolute atomic E-state index is 12.7. The van der Waals surface area contributed by atoms with Gasteiger partial charge in [0.25, 0.3) is 0 Å². The fourth-order valence-corrected chi connectivity index (χ4v) is 11.2. The lowest BCUT2D eigenvalue weighted by molar-refractivity contribution is 0.0450. The molecule has 6 rings (SSSR count). The zero-order valence-electron chi connectivity index (χ0n) is 43.9. The summed E-state index contributed by atoms with van der Waals surface area (Å²) in [6.45, 7) is 22.2. The second-order valence-corrected chi connectivity index (χ2v) is 24.6. The Kier molecular flexibility index (Phi) is 25.9. The van der Waals surface area contributed by atoms with E-state index in [1.165, 1.54) is 4.31 Å². The van der Waals surface area contributed by atoms with Crippen molar-refractivity contribution in [1.82, 2.24) is 29.0 Å². The summed E-state index contributed by atoms with van der Waals surface area (Å²) >= 11 is 0. The number of piperazine rings is 2. The van der Waals surface area contributed by atoms with E-state index in [0.717, 1.165) is 94.1 Å². The third kappa shape index (κ3) is 23.7. The zero-order valence-corrected chi connectivity index (χ0v) is 45.5. The number of nitrogens with one attached hydrogen (secondary N) is 2. The van der Waals surface area contributed by atoms with Crippen molar-refractivity contribution >= 4 is 32.2 Å². The van der Waals surface area contributed by atoms with Crippen molar-refractivity contribution in [2.24, 2.45) is 0 Å². The quantitative estimate of drug-likeness (QED) is 0.136. The highest BCUT2D eigenvalue weighted by Crippen LogP contribution is 2.27. The molecule has 3 N–H and O–H groups in total. The van der Waals surface area contributed by atoms with Crippen LogP contribution in [0.5, 0.6) is 0 Å². The van der Waals surface area contributed by atoms with Gasteiger partial charge in [0.05, 0.1) is 52.0 Å². The second-order valence-electron chi connectivity index (χ2n) is 20.6. The van der Waals surface area contributed by atoms with E-state index in [-0.39, 0.29) is 43.2 Å². The lowest BCUT2D eigenvalue weighted by Gasteiger charge is -2.41. The standard InChI is InChI=1S/C26H43N3O6S.C17H31N3O4S.C9H12O2/c1-26(2,3)35-25(30)27-23-9-11-24(12-10-23)28-13-15-29(16-14-28)36(31,32)20-19-33-17-18-34-21-22-7-5-4-6-8-22;1-5-25(22,23)20-12-10-19(11-13-20)15-8-6-14(7-9-15)18-16(21)24-17(2,3)4;10-6-7-11-8-9-4-2-1-3-5-9/h4-8,23-24H,9-21H2,1-3H3,(H,27,30);5,14-15H,1,6-13H2,2-4H3,(H,18,21);1-5,10H,6-8H2. The third-order valence-electron chi connectivity index (χ3n) is 12.7. The maximum Gasteiger partial charge on any atom is 0.407 e. The molecule has 18 nitrogen and oxygen atoms in total. The Bertz CT molecular complexity index is 2080. The number of hydrogen-bond donors (Lipinski definition) is 3. The van der Waals surface area contributed by atoms with E-state index in [1.807, 2.05) is 102 Å². The van der Waals surface area contributed by atoms with Gasteiger partial charge in [-0.3, -0.25) is 9.80 Å². The molecule has 0 aromatic heterocycles. The highest BCUT2D eigenvalue weighted by atomic mass is 32.2. The van der Waals surface area contributed by atoms with E-state index in [9.17, 15) is 26.4 Å². The Balaban J connectivity index is 0.000000268. The molecule has 0 bridgehead atoms. The number of ether oxygens (including phenoxy) is 5. The molecular formula is C52H86N6O12S2. The molecule has 2 aliphatic heterocycles. The van der Waals surface area contributed by atoms with Crippen LogP contribution >= 0.6 is 0 Å². The SMILES string of the molecule is C=CS(=O)(=O)N1CCN(C2CCC(NC(=O)OC(C)(C)C)CC2)CC1.CC(C)(C)OC(=O)NC1CCC(N2CCN(S(=O)(=O)CCOCCOCc3ccccc3)CC2)CC1.OCCOCc1ccccc1. The summed E-state index contributed by atoms with van der Waals surface area (Å²) in [4.78, 5) is 28.6. The van der Waals surface area contributed by atoms with E-state index < -0.39 is 31.2 Å². The van der Waals surface area contributed by atoms with Crippen molar-refractivity contribution in [3.63, 3.8) is 0 Å². The van der Waals surface area contributed by atoms with Crippen LogP contribution in [-0.4, -0.2) is 179 Å². The minimum Gasteiger partial charge on any atom is -0.444 e. The Labute approximate surface area is 431 Å². The molecule has 20 heteroatoms. The summed E-state index contributed by atoms with van der Waals surface area (Å²) in [6.07, 6.45) is 6.98. The molecule has 2 aliphatic carbocycles. The van der Waals surface area contributed by atoms with Gasteiger partial charge in [-0.2, -0.15) is 8.61 Å². The summed E-state index contributed by atoms with van der Waals surface area (Å²) in [6, 6.07) is 21.0. The van der Waals surface area contributed by atoms with Crippen molar-refractivity contribution in [2.45, 2.75) is 141 Å². The van der Waals surface area contributed by atoms with Crippen LogP contribution in [0.25, 0.3) is 0 Å². The molecule has 0 radical (unpaired) electrons. The van der Waals surface area contributed by atoms with Crippen molar-refractivity contribution in [3.05, 3.63) is 83.8 Å². The summed E-state index contributed by atoms with van der Waals surface area (Å²) in [5, 5.41) is 15.4. The highest BCUT2D eigenvalue weighted by Gasteiger charge is 2.34. The van der Waals surface area contributed by atoms with Crippen molar-refractivity contribution < 1.29 is 55.2 Å². The first-order valence-electron chi connectivity index (χ1n) is 25.7. The normalized spacial score (nSPS) is 22.0. The van der Waals surface area contributed by atoms with Crippen LogP contribution in [0.2, 0.25) is 0 Å². The number of carbonyl (C=O) groups excluding carboxylic acids is 2. The van der Waals surface area contributed by atoms with E-state index >= 15 is 0 Å². The first kappa shape index (κ1) is 60.9. The topological polar surface area (TPSA) is 206 Å². The predicted octanol–water partition coefficient (Wildman–Crippen LogP) is 6.11. The number of benzene rings is 2. The second kappa shape index (κ2) is 30.6. The molecule has 4 fully saturated rings. The molecule has 4 aliphatic rings. The van der Waals surface area contributed by atoms with Gasteiger partial charge >= 0.3 is 12.2 Å². The van der Waals surface area contributed by atoms with Gasteiger partial charge in [-0.25, -0.2) is 26.4 Å². The molecule has 2 heterocycles. The summed E-state index contributed by atoms with van der Waals surface area (Å²) < 4.78 is 79.0. The monoisotopic (exact) mass is 1050 g/mol. The molecule has 2 aromatic rings. The van der Waals surface area contributed by atoms with E-state index in [0.29, 0.717) is 71.3 Å². The van der Waals surface area contributed by atoms with Gasteiger partial charge in [0, 0.05) is 81.9 Å². The Morgan fingerprint density at radius 3 is 1.36 bits per heavy atom. The van der Waals surface area contributed by atoms with Crippen LogP contribution < -0.4 is 10.6 Å². The van der Waals surface area contributed by atoms with Crippen LogP contribution in [-0.2, 0) is 56.9 Å². The van der Waals surface area contributed by atoms with Crippen LogP contribution in [0.1, 0.15) is 104 Å². The molecule has 0 spiro atoms. The number of sulfonamides is 2. The van der Waals surface area contributed by atoms with Crippen LogP contribution in [0.3, 0.4) is 0 Å². The number of amides is 2. The summed E-state index contributed by atoms with van der Waals surface area (Å²) in [5.41, 5.74) is 1.27. The van der Waals surface area contributed by atoms with Crippen molar-refractivity contribution in [3.8, 4) is 0 Å². The van der Waals surface area contributed by atoms with Gasteiger partial charge in [-0.1, -0.05) is 67.2 Å². The number of carbonyl (C=O) groups is 2. The van der Waals surface area contributed by atoms with Gasteiger partial charge in [0.1, 0.15) is 11.2 Å². The van der Waals surface area contributed by atoms with Crippen LogP contribution in [0, 0.1) is 0 Å². The molecule has 2 amide bonds.